The molecule has 0 heterocycles. The van der Waals surface area contributed by atoms with Crippen LogP contribution in [0.15, 0.2) is 12.1 Å². The van der Waals surface area contributed by atoms with Crippen LogP contribution in [0.4, 0.5) is 0 Å². The van der Waals surface area contributed by atoms with Crippen molar-refractivity contribution >= 4 is 51.2 Å². The summed E-state index contributed by atoms with van der Waals surface area (Å²) < 4.78 is 6.04. The quantitative estimate of drug-likeness (QED) is 0.547. The fourth-order valence-corrected chi connectivity index (χ4v) is 3.12. The number of nitrogens with two attached hydrogens (primary N) is 1. The molecule has 0 radical (unpaired) electrons. The van der Waals surface area contributed by atoms with Gasteiger partial charge in [-0.1, -0.05) is 0 Å². The summed E-state index contributed by atoms with van der Waals surface area (Å²) in [6.45, 7) is 0. The molecule has 0 spiro atoms. The lowest BCUT2D eigenvalue weighted by atomic mass is 10.1. The smallest absolute Gasteiger partial charge is 0.322 e. The highest BCUT2D eigenvalue weighted by molar-refractivity contribution is 14.1. The lowest BCUT2D eigenvalue weighted by Crippen LogP contribution is -2.33. The van der Waals surface area contributed by atoms with Gasteiger partial charge in [0.1, 0.15) is 11.8 Å². The molecule has 6 heteroatoms. The number of ether oxygens (including phenoxy) is 1. The van der Waals surface area contributed by atoms with E-state index in [0.29, 0.717) is 6.42 Å². The average Bonchev–Trinajstić information content (AvgIpc) is 2.24. The van der Waals surface area contributed by atoms with Crippen molar-refractivity contribution in [1.29, 1.82) is 0 Å². The van der Waals surface area contributed by atoms with Gasteiger partial charge in [0.05, 0.1) is 14.3 Å². The number of phenols is 1. The zero-order valence-electron chi connectivity index (χ0n) is 8.54. The molecule has 0 bridgehead atoms. The maximum atomic E-state index is 11.2. The second kappa shape index (κ2) is 6.01. The first-order valence-corrected chi connectivity index (χ1v) is 6.61. The molecule has 3 N–H and O–H groups in total. The molecule has 0 saturated heterocycles. The molecule has 88 valence electrons. The van der Waals surface area contributed by atoms with Crippen LogP contribution in [-0.2, 0) is 16.0 Å². The van der Waals surface area contributed by atoms with Gasteiger partial charge in [-0.05, 0) is 69.3 Å². The van der Waals surface area contributed by atoms with E-state index < -0.39 is 12.0 Å². The molecule has 0 aliphatic heterocycles. The lowest BCUT2D eigenvalue weighted by Gasteiger charge is -2.10. The molecular weight excluding hydrogens is 436 g/mol. The highest BCUT2D eigenvalue weighted by Crippen LogP contribution is 2.27. The number of carbonyl (C=O) groups is 1. The van der Waals surface area contributed by atoms with Gasteiger partial charge in [-0.25, -0.2) is 0 Å². The predicted molar refractivity (Wildman–Crippen MR) is 77.2 cm³/mol. The van der Waals surface area contributed by atoms with Crippen LogP contribution in [0, 0.1) is 7.14 Å². The topological polar surface area (TPSA) is 72.5 Å². The minimum Gasteiger partial charge on any atom is -0.506 e. The Bertz CT molecular complexity index is 386. The lowest BCUT2D eigenvalue weighted by molar-refractivity contribution is -0.142. The van der Waals surface area contributed by atoms with E-state index in [4.69, 9.17) is 5.73 Å². The number of carbonyl (C=O) groups excluding carboxylic acids is 1. The molecule has 1 atom stereocenters. The average molecular weight is 447 g/mol. The summed E-state index contributed by atoms with van der Waals surface area (Å²) in [7, 11) is 1.31. The van der Waals surface area contributed by atoms with E-state index in [9.17, 15) is 9.90 Å². The van der Waals surface area contributed by atoms with Gasteiger partial charge in [-0.15, -0.1) is 0 Å². The molecule has 1 aromatic carbocycles. The van der Waals surface area contributed by atoms with Crippen molar-refractivity contribution in [2.75, 3.05) is 7.11 Å². The van der Waals surface area contributed by atoms with Gasteiger partial charge in [-0.3, -0.25) is 4.79 Å². The Morgan fingerprint density at radius 1 is 1.50 bits per heavy atom. The van der Waals surface area contributed by atoms with Crippen LogP contribution in [0.2, 0.25) is 0 Å². The second-order valence-corrected chi connectivity index (χ2v) is 5.57. The Morgan fingerprint density at radius 3 is 2.44 bits per heavy atom. The molecule has 0 aliphatic carbocycles. The number of aromatic hydroxyl groups is 1. The summed E-state index contributed by atoms with van der Waals surface area (Å²) in [4.78, 5) is 11.2. The number of esters is 1. The Balaban J connectivity index is 2.86. The predicted octanol–water partition coefficient (Wildman–Crippen LogP) is 1.64. The minimum absolute atomic E-state index is 0.261. The molecule has 0 amide bonds. The summed E-state index contributed by atoms with van der Waals surface area (Å²) in [5, 5.41) is 9.58. The summed E-state index contributed by atoms with van der Waals surface area (Å²) in [6, 6.07) is 2.95. The normalized spacial score (nSPS) is 12.2. The second-order valence-electron chi connectivity index (χ2n) is 3.24. The zero-order chi connectivity index (χ0) is 12.3. The number of hydrogen-bond donors (Lipinski definition) is 2. The Morgan fingerprint density at radius 2 is 2.00 bits per heavy atom. The first-order chi connectivity index (χ1) is 7.45. The third-order valence-corrected chi connectivity index (χ3v) is 3.68. The van der Waals surface area contributed by atoms with Gasteiger partial charge in [0.25, 0.3) is 0 Å². The van der Waals surface area contributed by atoms with E-state index in [-0.39, 0.29) is 5.75 Å². The van der Waals surface area contributed by atoms with E-state index in [0.717, 1.165) is 12.7 Å². The highest BCUT2D eigenvalue weighted by atomic mass is 127. The molecule has 1 aromatic rings. The van der Waals surface area contributed by atoms with Crippen LogP contribution in [0.25, 0.3) is 0 Å². The van der Waals surface area contributed by atoms with E-state index in [2.05, 4.69) is 4.74 Å². The molecule has 0 saturated carbocycles. The maximum absolute atomic E-state index is 11.2. The van der Waals surface area contributed by atoms with Gasteiger partial charge in [0.15, 0.2) is 0 Å². The molecule has 1 unspecified atom stereocenters. The van der Waals surface area contributed by atoms with Crippen molar-refractivity contribution in [3.63, 3.8) is 0 Å². The molecule has 0 fully saturated rings. The fourth-order valence-electron chi connectivity index (χ4n) is 1.22. The largest absolute Gasteiger partial charge is 0.506 e. The van der Waals surface area contributed by atoms with Crippen molar-refractivity contribution in [2.24, 2.45) is 5.73 Å². The Kier molecular flexibility index (Phi) is 5.25. The number of hydrogen-bond acceptors (Lipinski definition) is 4. The van der Waals surface area contributed by atoms with Gasteiger partial charge in [0, 0.05) is 0 Å². The van der Waals surface area contributed by atoms with E-state index in [1.54, 1.807) is 12.1 Å². The number of benzene rings is 1. The van der Waals surface area contributed by atoms with Crippen molar-refractivity contribution in [1.82, 2.24) is 0 Å². The molecule has 16 heavy (non-hydrogen) atoms. The summed E-state index contributed by atoms with van der Waals surface area (Å²) >= 11 is 4.07. The van der Waals surface area contributed by atoms with Crippen molar-refractivity contribution in [3.8, 4) is 5.75 Å². The zero-order valence-corrected chi connectivity index (χ0v) is 12.9. The standard InChI is InChI=1S/C10H11I2NO3/c1-16-10(15)8(13)4-5-2-6(11)9(14)7(12)3-5/h2-3,8,14H,4,13H2,1H3. The van der Waals surface area contributed by atoms with Gasteiger partial charge in [-0.2, -0.15) is 0 Å². The SMILES string of the molecule is COC(=O)C(N)Cc1cc(I)c(O)c(I)c1. The number of phenolic OH excluding ortho intramolecular Hbond substituents is 1. The Hall–Kier alpha value is -0.0900. The van der Waals surface area contributed by atoms with Gasteiger partial charge < -0.3 is 15.6 Å². The molecule has 0 aliphatic rings. The molecule has 1 rings (SSSR count). The third-order valence-electron chi connectivity index (χ3n) is 2.04. The van der Waals surface area contributed by atoms with Gasteiger partial charge in [0.2, 0.25) is 0 Å². The van der Waals surface area contributed by atoms with E-state index in [1.165, 1.54) is 7.11 Å². The number of methoxy groups -OCH3 is 1. The molecular formula is C10H11I2NO3. The van der Waals surface area contributed by atoms with Gasteiger partial charge >= 0.3 is 5.97 Å². The van der Waals surface area contributed by atoms with Crippen LogP contribution < -0.4 is 5.73 Å². The van der Waals surface area contributed by atoms with E-state index in [1.807, 2.05) is 45.2 Å². The Labute approximate surface area is 121 Å². The fraction of sp³-hybridized carbons (Fsp3) is 0.300. The monoisotopic (exact) mass is 447 g/mol. The van der Waals surface area contributed by atoms with Crippen LogP contribution in [-0.4, -0.2) is 24.2 Å². The van der Waals surface area contributed by atoms with Crippen molar-refractivity contribution in [2.45, 2.75) is 12.5 Å². The summed E-state index contributed by atoms with van der Waals surface area (Å²) in [5.41, 5.74) is 6.56. The van der Waals surface area contributed by atoms with Crippen LogP contribution in [0.1, 0.15) is 5.56 Å². The first-order valence-electron chi connectivity index (χ1n) is 4.46. The molecule has 0 aromatic heterocycles. The number of rotatable bonds is 3. The van der Waals surface area contributed by atoms with Crippen LogP contribution >= 0.6 is 45.2 Å². The van der Waals surface area contributed by atoms with Crippen molar-refractivity contribution in [3.05, 3.63) is 24.8 Å². The van der Waals surface area contributed by atoms with Crippen LogP contribution in [0.5, 0.6) is 5.75 Å². The minimum atomic E-state index is -0.666. The van der Waals surface area contributed by atoms with Crippen molar-refractivity contribution < 1.29 is 14.6 Å². The third kappa shape index (κ3) is 3.45. The maximum Gasteiger partial charge on any atom is 0.322 e. The summed E-state index contributed by atoms with van der Waals surface area (Å²) in [5.74, 6) is -0.172. The summed E-state index contributed by atoms with van der Waals surface area (Å²) in [6.07, 6.45) is 0.402. The number of halogens is 2. The first kappa shape index (κ1) is 14.0. The highest BCUT2D eigenvalue weighted by Gasteiger charge is 2.15. The molecule has 4 nitrogen and oxygen atoms in total. The van der Waals surface area contributed by atoms with E-state index >= 15 is 0 Å². The van der Waals surface area contributed by atoms with Crippen LogP contribution in [0.3, 0.4) is 0 Å².